The molecular weight excluding hydrogens is 307 g/mol. The maximum Gasteiger partial charge on any atom is 0.389 e. The van der Waals surface area contributed by atoms with Crippen LogP contribution in [0.4, 0.5) is 23.9 Å². The van der Waals surface area contributed by atoms with Gasteiger partial charge in [-0.15, -0.1) is 11.3 Å². The van der Waals surface area contributed by atoms with E-state index in [1.807, 2.05) is 6.07 Å². The number of anilines is 2. The number of nitriles is 1. The third-order valence-electron chi connectivity index (χ3n) is 2.60. The van der Waals surface area contributed by atoms with Crippen molar-refractivity contribution in [2.45, 2.75) is 25.4 Å². The second kappa shape index (κ2) is 7.17. The minimum absolute atomic E-state index is 0.0108. The minimum atomic E-state index is -4.16. The summed E-state index contributed by atoms with van der Waals surface area (Å²) in [6.07, 6.45) is -4.73. The van der Waals surface area contributed by atoms with E-state index in [0.717, 1.165) is 11.3 Å². The van der Waals surface area contributed by atoms with Gasteiger partial charge in [-0.1, -0.05) is 0 Å². The Morgan fingerprint density at radius 2 is 2.14 bits per heavy atom. The molecule has 0 spiro atoms. The third kappa shape index (κ3) is 4.82. The zero-order valence-electron chi connectivity index (χ0n) is 11.2. The van der Waals surface area contributed by atoms with Crippen LogP contribution >= 0.6 is 11.3 Å². The van der Waals surface area contributed by atoms with Gasteiger partial charge >= 0.3 is 12.1 Å². The first-order valence-corrected chi connectivity index (χ1v) is 6.83. The molecule has 0 aromatic carbocycles. The van der Waals surface area contributed by atoms with Gasteiger partial charge in [0.2, 0.25) is 0 Å². The predicted octanol–water partition coefficient (Wildman–Crippen LogP) is 3.13. The number of nitrogens with zero attached hydrogens (tertiary/aromatic N) is 1. The van der Waals surface area contributed by atoms with E-state index in [1.54, 1.807) is 0 Å². The molecule has 9 heteroatoms. The van der Waals surface area contributed by atoms with Crippen LogP contribution in [0.15, 0.2) is 0 Å². The Morgan fingerprint density at radius 1 is 1.48 bits per heavy atom. The number of nitrogen functional groups attached to an aromatic ring is 1. The molecule has 0 atom stereocenters. The highest BCUT2D eigenvalue weighted by Crippen LogP contribution is 2.35. The number of unbranched alkanes of at least 4 members (excludes halogenated alkanes) is 1. The zero-order chi connectivity index (χ0) is 16.0. The number of hydrogen-bond donors (Lipinski definition) is 2. The Bertz CT molecular complexity index is 549. The molecule has 21 heavy (non-hydrogen) atoms. The monoisotopic (exact) mass is 321 g/mol. The summed E-state index contributed by atoms with van der Waals surface area (Å²) >= 11 is 0.952. The van der Waals surface area contributed by atoms with Crippen LogP contribution in [0, 0.1) is 11.3 Å². The highest BCUT2D eigenvalue weighted by atomic mass is 32.1. The average molecular weight is 321 g/mol. The van der Waals surface area contributed by atoms with Gasteiger partial charge in [-0.2, -0.15) is 18.4 Å². The molecule has 3 N–H and O–H groups in total. The first-order valence-electron chi connectivity index (χ1n) is 6.01. The average Bonchev–Trinajstić information content (AvgIpc) is 2.72. The first-order chi connectivity index (χ1) is 9.80. The van der Waals surface area contributed by atoms with Gasteiger partial charge < -0.3 is 15.8 Å². The second-order valence-corrected chi connectivity index (χ2v) is 5.17. The maximum absolute atomic E-state index is 12.0. The molecule has 1 heterocycles. The summed E-state index contributed by atoms with van der Waals surface area (Å²) in [6, 6.07) is 1.86. The molecule has 0 aliphatic carbocycles. The quantitative estimate of drug-likeness (QED) is 0.621. The van der Waals surface area contributed by atoms with E-state index < -0.39 is 18.6 Å². The van der Waals surface area contributed by atoms with Crippen molar-refractivity contribution in [2.24, 2.45) is 0 Å². The lowest BCUT2D eigenvalue weighted by atomic mass is 10.2. The lowest BCUT2D eigenvalue weighted by molar-refractivity contribution is -0.135. The SMILES string of the molecule is COC(=O)c1sc(NCCCCC(F)(F)F)c(C#N)c1N. The number of thiophene rings is 1. The van der Waals surface area contributed by atoms with Crippen LogP contribution in [-0.2, 0) is 4.74 Å². The summed E-state index contributed by atoms with van der Waals surface area (Å²) < 4.78 is 40.5. The van der Waals surface area contributed by atoms with Crippen LogP contribution in [-0.4, -0.2) is 25.8 Å². The van der Waals surface area contributed by atoms with Crippen molar-refractivity contribution in [3.63, 3.8) is 0 Å². The lowest BCUT2D eigenvalue weighted by Gasteiger charge is -2.06. The lowest BCUT2D eigenvalue weighted by Crippen LogP contribution is -2.08. The van der Waals surface area contributed by atoms with Crippen LogP contribution in [0.1, 0.15) is 34.5 Å². The van der Waals surface area contributed by atoms with Crippen LogP contribution in [0.3, 0.4) is 0 Å². The number of alkyl halides is 3. The highest BCUT2D eigenvalue weighted by Gasteiger charge is 2.26. The fraction of sp³-hybridized carbons (Fsp3) is 0.500. The van der Waals surface area contributed by atoms with Crippen LogP contribution in [0.2, 0.25) is 0 Å². The number of carbonyl (C=O) groups is 1. The normalized spacial score (nSPS) is 11.0. The van der Waals surface area contributed by atoms with Gasteiger partial charge in [0, 0.05) is 13.0 Å². The van der Waals surface area contributed by atoms with E-state index in [2.05, 4.69) is 10.1 Å². The number of nitrogens with two attached hydrogens (primary N) is 1. The second-order valence-electron chi connectivity index (χ2n) is 4.15. The van der Waals surface area contributed by atoms with Gasteiger partial charge in [-0.05, 0) is 12.8 Å². The van der Waals surface area contributed by atoms with Crippen LogP contribution in [0.5, 0.6) is 0 Å². The van der Waals surface area contributed by atoms with E-state index >= 15 is 0 Å². The van der Waals surface area contributed by atoms with Gasteiger partial charge in [0.15, 0.2) is 0 Å². The van der Waals surface area contributed by atoms with Crippen molar-refractivity contribution in [1.82, 2.24) is 0 Å². The van der Waals surface area contributed by atoms with E-state index in [1.165, 1.54) is 7.11 Å². The number of hydrogen-bond acceptors (Lipinski definition) is 6. The Hall–Kier alpha value is -1.95. The molecule has 0 unspecified atom stereocenters. The number of methoxy groups -OCH3 is 1. The number of rotatable bonds is 6. The minimum Gasteiger partial charge on any atom is -0.465 e. The molecule has 0 saturated carbocycles. The van der Waals surface area contributed by atoms with Crippen LogP contribution in [0.25, 0.3) is 0 Å². The maximum atomic E-state index is 12.0. The Morgan fingerprint density at radius 3 is 2.67 bits per heavy atom. The van der Waals surface area contributed by atoms with Crippen molar-refractivity contribution in [2.75, 3.05) is 24.7 Å². The topological polar surface area (TPSA) is 88.1 Å². The van der Waals surface area contributed by atoms with E-state index in [4.69, 9.17) is 11.0 Å². The van der Waals surface area contributed by atoms with E-state index in [-0.39, 0.29) is 35.5 Å². The molecule has 0 aliphatic heterocycles. The fourth-order valence-electron chi connectivity index (χ4n) is 1.58. The van der Waals surface area contributed by atoms with E-state index in [9.17, 15) is 18.0 Å². The molecule has 0 fully saturated rings. The van der Waals surface area contributed by atoms with Gasteiger partial charge in [-0.25, -0.2) is 4.79 Å². The molecule has 0 aliphatic rings. The summed E-state index contributed by atoms with van der Waals surface area (Å²) in [5.41, 5.74) is 5.81. The first kappa shape index (κ1) is 17.1. The Balaban J connectivity index is 2.63. The molecule has 1 rings (SSSR count). The Labute approximate surface area is 123 Å². The molecule has 116 valence electrons. The fourth-order valence-corrected chi connectivity index (χ4v) is 2.59. The highest BCUT2D eigenvalue weighted by molar-refractivity contribution is 7.18. The van der Waals surface area contributed by atoms with Crippen molar-refractivity contribution in [1.29, 1.82) is 5.26 Å². The standard InChI is InChI=1S/C12H14F3N3O2S/c1-20-11(19)9-8(17)7(6-16)10(21-9)18-5-3-2-4-12(13,14)15/h18H,2-5,17H2,1H3. The summed E-state index contributed by atoms with van der Waals surface area (Å²) in [4.78, 5) is 11.6. The molecule has 1 aromatic heterocycles. The molecule has 0 radical (unpaired) electrons. The molecule has 0 amide bonds. The summed E-state index contributed by atoms with van der Waals surface area (Å²) in [6.45, 7) is 0.255. The molecule has 0 saturated heterocycles. The third-order valence-corrected chi connectivity index (χ3v) is 3.74. The number of nitrogens with one attached hydrogen (secondary N) is 1. The van der Waals surface area contributed by atoms with Crippen LogP contribution < -0.4 is 11.1 Å². The van der Waals surface area contributed by atoms with Crippen molar-refractivity contribution in [3.05, 3.63) is 10.4 Å². The Kier molecular flexibility index (Phi) is 5.84. The number of ether oxygens (including phenoxy) is 1. The summed E-state index contributed by atoms with van der Waals surface area (Å²) in [5.74, 6) is -0.654. The van der Waals surface area contributed by atoms with Crippen molar-refractivity contribution in [3.8, 4) is 6.07 Å². The summed E-state index contributed by atoms with van der Waals surface area (Å²) in [7, 11) is 1.19. The zero-order valence-corrected chi connectivity index (χ0v) is 12.0. The number of carbonyl (C=O) groups excluding carboxylic acids is 1. The molecular formula is C12H14F3N3O2S. The van der Waals surface area contributed by atoms with Gasteiger partial charge in [0.05, 0.1) is 12.8 Å². The largest absolute Gasteiger partial charge is 0.465 e. The number of esters is 1. The van der Waals surface area contributed by atoms with Gasteiger partial charge in [0.25, 0.3) is 0 Å². The van der Waals surface area contributed by atoms with E-state index in [0.29, 0.717) is 5.00 Å². The smallest absolute Gasteiger partial charge is 0.389 e. The van der Waals surface area contributed by atoms with Crippen molar-refractivity contribution < 1.29 is 22.7 Å². The predicted molar refractivity (Wildman–Crippen MR) is 73.2 cm³/mol. The molecule has 0 bridgehead atoms. The van der Waals surface area contributed by atoms with Crippen molar-refractivity contribution >= 4 is 28.0 Å². The number of halogens is 3. The molecule has 5 nitrogen and oxygen atoms in total. The summed E-state index contributed by atoms with van der Waals surface area (Å²) in [5, 5.41) is 12.2. The van der Waals surface area contributed by atoms with Gasteiger partial charge in [0.1, 0.15) is 21.5 Å². The molecule has 1 aromatic rings. The van der Waals surface area contributed by atoms with Gasteiger partial charge in [-0.3, -0.25) is 0 Å².